The Bertz CT molecular complexity index is 731. The van der Waals surface area contributed by atoms with Crippen LogP contribution in [0.25, 0.3) is 0 Å². The molecule has 2 amide bonds. The molecule has 2 aromatic rings. The van der Waals surface area contributed by atoms with Gasteiger partial charge in [0.05, 0.1) is 30.7 Å². The van der Waals surface area contributed by atoms with Crippen molar-refractivity contribution in [2.24, 2.45) is 0 Å². The Morgan fingerprint density at radius 3 is 2.88 bits per heavy atom. The number of rotatable bonds is 5. The fourth-order valence-electron chi connectivity index (χ4n) is 3.08. The molecule has 2 aliphatic heterocycles. The van der Waals surface area contributed by atoms with Gasteiger partial charge in [0.25, 0.3) is 0 Å². The van der Waals surface area contributed by atoms with Gasteiger partial charge in [0.2, 0.25) is 5.89 Å². The molecule has 0 atom stereocenters. The number of nitrogens with zero attached hydrogens (tertiary/aromatic N) is 5. The predicted octanol–water partition coefficient (Wildman–Crippen LogP) is 1.58. The standard InChI is InChI=1S/C16H22N6O2/c1-11(2)14-6-18-15(24-14)10-20-7-13(8-20)22-9-12(5-19-22)21-4-3-17-16(21)23/h5-6,9,11,13H,3-4,7-8,10H2,1-2H3,(H,17,23). The lowest BCUT2D eigenvalue weighted by Crippen LogP contribution is -2.47. The van der Waals surface area contributed by atoms with Gasteiger partial charge < -0.3 is 9.73 Å². The third-order valence-electron chi connectivity index (χ3n) is 4.57. The lowest BCUT2D eigenvalue weighted by molar-refractivity contribution is 0.0810. The average Bonchev–Trinajstić information content (AvgIpc) is 3.22. The minimum absolute atomic E-state index is 0.0466. The third-order valence-corrected chi connectivity index (χ3v) is 4.57. The van der Waals surface area contributed by atoms with Crippen molar-refractivity contribution in [3.8, 4) is 0 Å². The highest BCUT2D eigenvalue weighted by Gasteiger charge is 2.31. The van der Waals surface area contributed by atoms with E-state index >= 15 is 0 Å². The smallest absolute Gasteiger partial charge is 0.322 e. The zero-order valence-corrected chi connectivity index (χ0v) is 14.0. The number of likely N-dealkylation sites (tertiary alicyclic amines) is 1. The van der Waals surface area contributed by atoms with Crippen molar-refractivity contribution < 1.29 is 9.21 Å². The number of aromatic nitrogens is 3. The van der Waals surface area contributed by atoms with Crippen molar-refractivity contribution in [3.05, 3.63) is 30.2 Å². The molecule has 24 heavy (non-hydrogen) atoms. The molecule has 0 unspecified atom stereocenters. The van der Waals surface area contributed by atoms with Crippen LogP contribution in [0.1, 0.15) is 37.5 Å². The van der Waals surface area contributed by atoms with Gasteiger partial charge in [-0.3, -0.25) is 14.5 Å². The van der Waals surface area contributed by atoms with E-state index in [1.54, 1.807) is 11.1 Å². The Morgan fingerprint density at radius 1 is 1.38 bits per heavy atom. The van der Waals surface area contributed by atoms with E-state index < -0.39 is 0 Å². The van der Waals surface area contributed by atoms with Crippen molar-refractivity contribution in [2.45, 2.75) is 32.4 Å². The molecule has 1 N–H and O–H groups in total. The molecule has 2 fully saturated rings. The Labute approximate surface area is 140 Å². The number of hydrogen-bond acceptors (Lipinski definition) is 5. The molecule has 4 heterocycles. The maximum Gasteiger partial charge on any atom is 0.322 e. The molecular weight excluding hydrogens is 308 g/mol. The van der Waals surface area contributed by atoms with Crippen molar-refractivity contribution in [3.63, 3.8) is 0 Å². The van der Waals surface area contributed by atoms with Crippen LogP contribution < -0.4 is 10.2 Å². The van der Waals surface area contributed by atoms with Crippen LogP contribution in [0.15, 0.2) is 23.0 Å². The van der Waals surface area contributed by atoms with Gasteiger partial charge in [-0.2, -0.15) is 5.10 Å². The summed E-state index contributed by atoms with van der Waals surface area (Å²) in [4.78, 5) is 20.0. The molecule has 2 aliphatic rings. The molecule has 4 rings (SSSR count). The van der Waals surface area contributed by atoms with Crippen molar-refractivity contribution >= 4 is 11.7 Å². The highest BCUT2D eigenvalue weighted by atomic mass is 16.4. The highest BCUT2D eigenvalue weighted by molar-refractivity contribution is 5.93. The van der Waals surface area contributed by atoms with E-state index in [0.29, 0.717) is 25.0 Å². The maximum absolute atomic E-state index is 11.7. The van der Waals surface area contributed by atoms with Gasteiger partial charge in [-0.25, -0.2) is 9.78 Å². The molecule has 2 aromatic heterocycles. The van der Waals surface area contributed by atoms with Gasteiger partial charge in [-0.05, 0) is 0 Å². The van der Waals surface area contributed by atoms with Gasteiger partial charge >= 0.3 is 6.03 Å². The second-order valence-electron chi connectivity index (χ2n) is 6.72. The monoisotopic (exact) mass is 330 g/mol. The molecular formula is C16H22N6O2. The van der Waals surface area contributed by atoms with Crippen molar-refractivity contribution in [2.75, 3.05) is 31.1 Å². The minimum Gasteiger partial charge on any atom is -0.444 e. The summed E-state index contributed by atoms with van der Waals surface area (Å²) >= 11 is 0. The lowest BCUT2D eigenvalue weighted by atomic mass is 10.1. The largest absolute Gasteiger partial charge is 0.444 e. The van der Waals surface area contributed by atoms with Crippen LogP contribution in [0.5, 0.6) is 0 Å². The molecule has 0 radical (unpaired) electrons. The van der Waals surface area contributed by atoms with Gasteiger partial charge in [0.15, 0.2) is 0 Å². The summed E-state index contributed by atoms with van der Waals surface area (Å²) in [5, 5.41) is 7.22. The molecule has 0 saturated carbocycles. The number of urea groups is 1. The SMILES string of the molecule is CC(C)c1cnc(CN2CC(n3cc(N4CCNC4=O)cn3)C2)o1. The predicted molar refractivity (Wildman–Crippen MR) is 87.9 cm³/mol. The van der Waals surface area contributed by atoms with E-state index in [1.165, 1.54) is 0 Å². The van der Waals surface area contributed by atoms with Crippen LogP contribution in [0.2, 0.25) is 0 Å². The zero-order valence-electron chi connectivity index (χ0n) is 14.0. The van der Waals surface area contributed by atoms with Gasteiger partial charge in [-0.15, -0.1) is 0 Å². The fraction of sp³-hybridized carbons (Fsp3) is 0.562. The Balaban J connectivity index is 1.32. The van der Waals surface area contributed by atoms with Crippen LogP contribution in [0.3, 0.4) is 0 Å². The normalized spacial score (nSPS) is 19.1. The number of hydrogen-bond donors (Lipinski definition) is 1. The maximum atomic E-state index is 11.7. The molecule has 8 heteroatoms. The molecule has 0 spiro atoms. The Morgan fingerprint density at radius 2 is 2.21 bits per heavy atom. The Kier molecular flexibility index (Phi) is 3.76. The number of oxazole rings is 1. The fourth-order valence-corrected chi connectivity index (χ4v) is 3.08. The number of amides is 2. The minimum atomic E-state index is -0.0466. The van der Waals surface area contributed by atoms with Crippen LogP contribution in [-0.4, -0.2) is 51.9 Å². The number of carbonyl (C=O) groups excluding carboxylic acids is 1. The average molecular weight is 330 g/mol. The van der Waals surface area contributed by atoms with Gasteiger partial charge in [-0.1, -0.05) is 13.8 Å². The first-order valence-electron chi connectivity index (χ1n) is 8.36. The van der Waals surface area contributed by atoms with Gasteiger partial charge in [0.1, 0.15) is 5.76 Å². The summed E-state index contributed by atoms with van der Waals surface area (Å²) in [6, 6.07) is 0.290. The molecule has 2 saturated heterocycles. The summed E-state index contributed by atoms with van der Waals surface area (Å²) in [7, 11) is 0. The van der Waals surface area contributed by atoms with Crippen LogP contribution in [-0.2, 0) is 6.54 Å². The second kappa shape index (κ2) is 5.94. The van der Waals surface area contributed by atoms with E-state index in [1.807, 2.05) is 17.1 Å². The van der Waals surface area contributed by atoms with E-state index in [4.69, 9.17) is 4.42 Å². The Hall–Kier alpha value is -2.35. The van der Waals surface area contributed by atoms with Crippen molar-refractivity contribution in [1.29, 1.82) is 0 Å². The molecule has 0 bridgehead atoms. The lowest BCUT2D eigenvalue weighted by Gasteiger charge is -2.38. The van der Waals surface area contributed by atoms with E-state index in [9.17, 15) is 4.79 Å². The van der Waals surface area contributed by atoms with E-state index in [2.05, 4.69) is 34.1 Å². The zero-order chi connectivity index (χ0) is 16.7. The first-order chi connectivity index (χ1) is 11.6. The quantitative estimate of drug-likeness (QED) is 0.900. The number of carbonyl (C=O) groups is 1. The molecule has 0 aromatic carbocycles. The summed E-state index contributed by atoms with van der Waals surface area (Å²) in [6.07, 6.45) is 5.53. The van der Waals surface area contributed by atoms with Crippen molar-refractivity contribution in [1.82, 2.24) is 25.0 Å². The first-order valence-corrected chi connectivity index (χ1v) is 8.36. The first kappa shape index (κ1) is 15.2. The summed E-state index contributed by atoms with van der Waals surface area (Å²) in [5.74, 6) is 2.07. The molecule has 8 nitrogen and oxygen atoms in total. The van der Waals surface area contributed by atoms with E-state index in [0.717, 1.165) is 37.0 Å². The van der Waals surface area contributed by atoms with Gasteiger partial charge in [0, 0.05) is 38.3 Å². The summed E-state index contributed by atoms with van der Waals surface area (Å²) in [5.41, 5.74) is 0.859. The summed E-state index contributed by atoms with van der Waals surface area (Å²) in [6.45, 7) is 8.13. The topological polar surface area (TPSA) is 79.4 Å². The van der Waals surface area contributed by atoms with Crippen LogP contribution in [0.4, 0.5) is 10.5 Å². The van der Waals surface area contributed by atoms with Crippen LogP contribution >= 0.6 is 0 Å². The highest BCUT2D eigenvalue weighted by Crippen LogP contribution is 2.26. The van der Waals surface area contributed by atoms with E-state index in [-0.39, 0.29) is 6.03 Å². The molecule has 128 valence electrons. The second-order valence-corrected chi connectivity index (χ2v) is 6.72. The number of nitrogens with one attached hydrogen (secondary N) is 1. The van der Waals surface area contributed by atoms with Crippen LogP contribution in [0, 0.1) is 0 Å². The number of anilines is 1. The molecule has 0 aliphatic carbocycles. The summed E-state index contributed by atoms with van der Waals surface area (Å²) < 4.78 is 7.70. The third kappa shape index (κ3) is 2.77.